The molecule has 2 N–H and O–H groups in total. The van der Waals surface area contributed by atoms with Gasteiger partial charge in [0.1, 0.15) is 12.7 Å². The fraction of sp³-hybridized carbons (Fsp3) is 0.300. The van der Waals surface area contributed by atoms with E-state index in [1.807, 2.05) is 12.1 Å². The van der Waals surface area contributed by atoms with Crippen LogP contribution in [-0.4, -0.2) is 13.7 Å². The average Bonchev–Trinajstić information content (AvgIpc) is 2.59. The van der Waals surface area contributed by atoms with Crippen LogP contribution in [-0.2, 0) is 0 Å². The minimum atomic E-state index is -0.119. The predicted molar refractivity (Wildman–Crippen MR) is 50.1 cm³/mol. The summed E-state index contributed by atoms with van der Waals surface area (Å²) in [6.07, 6.45) is 0. The Labute approximate surface area is 81.8 Å². The van der Waals surface area contributed by atoms with Crippen molar-refractivity contribution >= 4 is 0 Å². The second-order valence-electron chi connectivity index (χ2n) is 3.09. The zero-order valence-corrected chi connectivity index (χ0v) is 7.78. The van der Waals surface area contributed by atoms with Crippen LogP contribution in [0.15, 0.2) is 12.1 Å². The van der Waals surface area contributed by atoms with Gasteiger partial charge in [-0.1, -0.05) is 6.07 Å². The van der Waals surface area contributed by atoms with Gasteiger partial charge in [-0.15, -0.1) is 0 Å². The van der Waals surface area contributed by atoms with E-state index in [9.17, 15) is 0 Å². The van der Waals surface area contributed by atoms with Gasteiger partial charge in [0.15, 0.2) is 11.5 Å². The van der Waals surface area contributed by atoms with E-state index in [0.29, 0.717) is 23.7 Å². The molecule has 0 saturated carbocycles. The third-order valence-electron chi connectivity index (χ3n) is 2.27. The molecule has 0 fully saturated rings. The summed E-state index contributed by atoms with van der Waals surface area (Å²) < 4.78 is 10.5. The van der Waals surface area contributed by atoms with Crippen LogP contribution >= 0.6 is 0 Å². The van der Waals surface area contributed by atoms with Crippen LogP contribution in [0.1, 0.15) is 17.2 Å². The highest BCUT2D eigenvalue weighted by Gasteiger charge is 2.25. The summed E-state index contributed by atoms with van der Waals surface area (Å²) in [5.41, 5.74) is 7.17. The van der Waals surface area contributed by atoms with Crippen LogP contribution in [0.2, 0.25) is 0 Å². The van der Waals surface area contributed by atoms with Crippen molar-refractivity contribution in [3.8, 4) is 17.6 Å². The number of nitriles is 1. The fourth-order valence-electron chi connectivity index (χ4n) is 1.57. The normalized spacial score (nSPS) is 18.2. The standard InChI is InChI=1S/C10H10N2O2/c1-13-9-6(4-11)2-3-7-8(12)5-14-10(7)9/h2-3,8H,5,12H2,1H3/t8-/m1/s1. The van der Waals surface area contributed by atoms with Crippen molar-refractivity contribution in [3.63, 3.8) is 0 Å². The molecule has 0 radical (unpaired) electrons. The van der Waals surface area contributed by atoms with Crippen molar-refractivity contribution in [1.29, 1.82) is 5.26 Å². The highest BCUT2D eigenvalue weighted by atomic mass is 16.5. The van der Waals surface area contributed by atoms with Gasteiger partial charge in [-0.2, -0.15) is 5.26 Å². The molecule has 1 aromatic rings. The summed E-state index contributed by atoms with van der Waals surface area (Å²) in [7, 11) is 1.52. The van der Waals surface area contributed by atoms with Crippen LogP contribution < -0.4 is 15.2 Å². The molecule has 4 nitrogen and oxygen atoms in total. The van der Waals surface area contributed by atoms with Crippen LogP contribution in [0.4, 0.5) is 0 Å². The first-order valence-electron chi connectivity index (χ1n) is 4.27. The Morgan fingerprint density at radius 2 is 2.43 bits per heavy atom. The van der Waals surface area contributed by atoms with Gasteiger partial charge in [0.05, 0.1) is 18.7 Å². The van der Waals surface area contributed by atoms with E-state index < -0.39 is 0 Å². The third-order valence-corrected chi connectivity index (χ3v) is 2.27. The van der Waals surface area contributed by atoms with E-state index in [-0.39, 0.29) is 6.04 Å². The average molecular weight is 190 g/mol. The molecule has 1 aliphatic rings. The molecule has 0 bridgehead atoms. The van der Waals surface area contributed by atoms with Crippen LogP contribution in [0.3, 0.4) is 0 Å². The molecule has 0 amide bonds. The van der Waals surface area contributed by atoms with Crippen molar-refractivity contribution in [1.82, 2.24) is 0 Å². The molecular formula is C10H10N2O2. The Morgan fingerprint density at radius 3 is 3.07 bits per heavy atom. The fourth-order valence-corrected chi connectivity index (χ4v) is 1.57. The SMILES string of the molecule is COc1c(C#N)ccc2c1OC[C@H]2N. The number of fused-ring (bicyclic) bond motifs is 1. The molecule has 1 aliphatic heterocycles. The molecule has 0 unspecified atom stereocenters. The minimum absolute atomic E-state index is 0.119. The Balaban J connectivity index is 2.61. The lowest BCUT2D eigenvalue weighted by atomic mass is 10.1. The summed E-state index contributed by atoms with van der Waals surface area (Å²) in [5, 5.41) is 8.83. The summed E-state index contributed by atoms with van der Waals surface area (Å²) in [6, 6.07) is 5.44. The molecule has 14 heavy (non-hydrogen) atoms. The zero-order chi connectivity index (χ0) is 10.1. The number of rotatable bonds is 1. The Hall–Kier alpha value is -1.73. The summed E-state index contributed by atoms with van der Waals surface area (Å²) in [6.45, 7) is 0.445. The molecule has 0 aliphatic carbocycles. The molecule has 0 spiro atoms. The van der Waals surface area contributed by atoms with Crippen molar-refractivity contribution in [3.05, 3.63) is 23.3 Å². The lowest BCUT2D eigenvalue weighted by Crippen LogP contribution is -2.10. The molecular weight excluding hydrogens is 180 g/mol. The number of nitrogens with zero attached hydrogens (tertiary/aromatic N) is 1. The van der Waals surface area contributed by atoms with Crippen molar-refractivity contribution in [2.24, 2.45) is 5.73 Å². The molecule has 0 aromatic heterocycles. The van der Waals surface area contributed by atoms with Crippen LogP contribution in [0.25, 0.3) is 0 Å². The highest BCUT2D eigenvalue weighted by Crippen LogP contribution is 2.41. The Morgan fingerprint density at radius 1 is 1.64 bits per heavy atom. The molecule has 0 saturated heterocycles. The number of nitrogens with two attached hydrogens (primary N) is 1. The molecule has 4 heteroatoms. The van der Waals surface area contributed by atoms with Crippen molar-refractivity contribution < 1.29 is 9.47 Å². The smallest absolute Gasteiger partial charge is 0.178 e. The first-order valence-corrected chi connectivity index (χ1v) is 4.27. The first-order chi connectivity index (χ1) is 6.77. The first kappa shape index (κ1) is 8.85. The zero-order valence-electron chi connectivity index (χ0n) is 7.78. The number of hydrogen-bond acceptors (Lipinski definition) is 4. The number of hydrogen-bond donors (Lipinski definition) is 1. The maximum Gasteiger partial charge on any atom is 0.178 e. The van der Waals surface area contributed by atoms with Gasteiger partial charge in [-0.3, -0.25) is 0 Å². The lowest BCUT2D eigenvalue weighted by molar-refractivity contribution is 0.310. The van der Waals surface area contributed by atoms with Crippen molar-refractivity contribution in [2.45, 2.75) is 6.04 Å². The van der Waals surface area contributed by atoms with Gasteiger partial charge in [-0.25, -0.2) is 0 Å². The molecule has 1 atom stereocenters. The monoisotopic (exact) mass is 190 g/mol. The maximum absolute atomic E-state index is 8.83. The second kappa shape index (κ2) is 3.20. The Bertz CT molecular complexity index is 409. The van der Waals surface area contributed by atoms with Gasteiger partial charge in [0.25, 0.3) is 0 Å². The molecule has 1 aromatic carbocycles. The molecule has 1 heterocycles. The number of ether oxygens (including phenoxy) is 2. The van der Waals surface area contributed by atoms with Gasteiger partial charge in [0.2, 0.25) is 0 Å². The quantitative estimate of drug-likeness (QED) is 0.716. The van der Waals surface area contributed by atoms with E-state index in [4.69, 9.17) is 20.5 Å². The van der Waals surface area contributed by atoms with E-state index in [1.54, 1.807) is 6.07 Å². The summed E-state index contributed by atoms with van der Waals surface area (Å²) in [4.78, 5) is 0. The van der Waals surface area contributed by atoms with Crippen LogP contribution in [0, 0.1) is 11.3 Å². The van der Waals surface area contributed by atoms with E-state index in [0.717, 1.165) is 5.56 Å². The largest absolute Gasteiger partial charge is 0.492 e. The highest BCUT2D eigenvalue weighted by molar-refractivity contribution is 5.58. The number of benzene rings is 1. The minimum Gasteiger partial charge on any atom is -0.492 e. The summed E-state index contributed by atoms with van der Waals surface area (Å²) in [5.74, 6) is 1.09. The van der Waals surface area contributed by atoms with Crippen LogP contribution in [0.5, 0.6) is 11.5 Å². The Kier molecular flexibility index (Phi) is 2.02. The summed E-state index contributed by atoms with van der Waals surface area (Å²) >= 11 is 0. The van der Waals surface area contributed by atoms with E-state index in [1.165, 1.54) is 7.11 Å². The lowest BCUT2D eigenvalue weighted by Gasteiger charge is -2.07. The maximum atomic E-state index is 8.83. The van der Waals surface area contributed by atoms with Crippen molar-refractivity contribution in [2.75, 3.05) is 13.7 Å². The van der Waals surface area contributed by atoms with Gasteiger partial charge < -0.3 is 15.2 Å². The second-order valence-corrected chi connectivity index (χ2v) is 3.09. The van der Waals surface area contributed by atoms with Gasteiger partial charge in [-0.05, 0) is 6.07 Å². The number of methoxy groups -OCH3 is 1. The van der Waals surface area contributed by atoms with Gasteiger partial charge >= 0.3 is 0 Å². The third kappa shape index (κ3) is 1.10. The van der Waals surface area contributed by atoms with E-state index >= 15 is 0 Å². The predicted octanol–water partition coefficient (Wildman–Crippen LogP) is 0.959. The van der Waals surface area contributed by atoms with Gasteiger partial charge in [0, 0.05) is 5.56 Å². The molecule has 72 valence electrons. The molecule has 2 rings (SSSR count). The van der Waals surface area contributed by atoms with E-state index in [2.05, 4.69) is 0 Å². The topological polar surface area (TPSA) is 68.3 Å².